The lowest BCUT2D eigenvalue weighted by Gasteiger charge is -2.05. The molecule has 0 aliphatic heterocycles. The molecule has 0 aliphatic rings. The van der Waals surface area contributed by atoms with Gasteiger partial charge >= 0.3 is 0 Å². The highest BCUT2D eigenvalue weighted by atomic mass is 35.5. The molecule has 0 unspecified atom stereocenters. The van der Waals surface area contributed by atoms with Crippen LogP contribution >= 0.6 is 34.8 Å². The number of aromatic hydroxyl groups is 1. The third-order valence-electron chi connectivity index (χ3n) is 2.18. The molecule has 0 radical (unpaired) electrons. The van der Waals surface area contributed by atoms with Gasteiger partial charge < -0.3 is 5.11 Å². The Labute approximate surface area is 108 Å². The molecule has 0 heterocycles. The number of phenolic OH excluding ortho intramolecular Hbond substituents is 1. The van der Waals surface area contributed by atoms with Crippen LogP contribution in [0.2, 0.25) is 15.1 Å². The number of rotatable bonds is 1. The normalized spacial score (nSPS) is 10.4. The Bertz CT molecular complexity index is 497. The van der Waals surface area contributed by atoms with Gasteiger partial charge in [0.15, 0.2) is 0 Å². The van der Waals surface area contributed by atoms with Gasteiger partial charge in [0, 0.05) is 0 Å². The van der Waals surface area contributed by atoms with Gasteiger partial charge in [0.25, 0.3) is 0 Å². The smallest absolute Gasteiger partial charge is 0.115 e. The van der Waals surface area contributed by atoms with Crippen LogP contribution in [0.1, 0.15) is 0 Å². The molecule has 1 nitrogen and oxygen atoms in total. The fourth-order valence-electron chi connectivity index (χ4n) is 1.38. The van der Waals surface area contributed by atoms with Crippen molar-refractivity contribution in [2.45, 2.75) is 0 Å². The molecule has 0 saturated heterocycles. The van der Waals surface area contributed by atoms with Gasteiger partial charge in [-0.15, -0.1) is 0 Å². The van der Waals surface area contributed by atoms with Crippen LogP contribution in [0.15, 0.2) is 36.4 Å². The lowest BCUT2D eigenvalue weighted by atomic mass is 10.1. The lowest BCUT2D eigenvalue weighted by molar-refractivity contribution is 0.475. The van der Waals surface area contributed by atoms with E-state index in [1.807, 2.05) is 0 Å². The quantitative estimate of drug-likeness (QED) is 0.723. The molecule has 82 valence electrons. The molecule has 0 saturated carbocycles. The standard InChI is InChI=1S/C12H7Cl3O/c13-10-5-8(6-11(14)12(10)15)7-1-3-9(16)4-2-7/h1-6,16H. The molecule has 0 aromatic heterocycles. The third kappa shape index (κ3) is 2.27. The Morgan fingerprint density at radius 3 is 1.75 bits per heavy atom. The second-order valence-electron chi connectivity index (χ2n) is 3.30. The highest BCUT2D eigenvalue weighted by Gasteiger charge is 2.07. The number of hydrogen-bond acceptors (Lipinski definition) is 1. The Morgan fingerprint density at radius 2 is 1.25 bits per heavy atom. The molecular formula is C12H7Cl3O. The molecule has 2 aromatic rings. The summed E-state index contributed by atoms with van der Waals surface area (Å²) in [6, 6.07) is 10.2. The molecule has 0 bridgehead atoms. The molecule has 16 heavy (non-hydrogen) atoms. The van der Waals surface area contributed by atoms with E-state index in [2.05, 4.69) is 0 Å². The van der Waals surface area contributed by atoms with Crippen molar-refractivity contribution in [3.05, 3.63) is 51.5 Å². The van der Waals surface area contributed by atoms with E-state index in [9.17, 15) is 5.11 Å². The van der Waals surface area contributed by atoms with E-state index in [4.69, 9.17) is 34.8 Å². The molecule has 4 heteroatoms. The largest absolute Gasteiger partial charge is 0.508 e. The van der Waals surface area contributed by atoms with Crippen molar-refractivity contribution in [1.82, 2.24) is 0 Å². The van der Waals surface area contributed by atoms with Crippen molar-refractivity contribution in [3.8, 4) is 16.9 Å². The number of phenols is 1. The van der Waals surface area contributed by atoms with E-state index < -0.39 is 0 Å². The fourth-order valence-corrected chi connectivity index (χ4v) is 1.97. The Kier molecular flexibility index (Phi) is 3.29. The predicted octanol–water partition coefficient (Wildman–Crippen LogP) is 5.02. The third-order valence-corrected chi connectivity index (χ3v) is 3.38. The minimum absolute atomic E-state index is 0.218. The highest BCUT2D eigenvalue weighted by Crippen LogP contribution is 2.35. The number of hydrogen-bond donors (Lipinski definition) is 1. The van der Waals surface area contributed by atoms with Crippen molar-refractivity contribution in [3.63, 3.8) is 0 Å². The molecule has 2 rings (SSSR count). The van der Waals surface area contributed by atoms with Crippen LogP contribution < -0.4 is 0 Å². The number of halogens is 3. The number of benzene rings is 2. The second kappa shape index (κ2) is 4.54. The summed E-state index contributed by atoms with van der Waals surface area (Å²) in [4.78, 5) is 0. The molecule has 2 aromatic carbocycles. The maximum atomic E-state index is 9.18. The maximum absolute atomic E-state index is 9.18. The van der Waals surface area contributed by atoms with Crippen molar-refractivity contribution in [2.24, 2.45) is 0 Å². The zero-order chi connectivity index (χ0) is 11.7. The Balaban J connectivity index is 2.52. The summed E-state index contributed by atoms with van der Waals surface area (Å²) < 4.78 is 0. The van der Waals surface area contributed by atoms with E-state index in [1.54, 1.807) is 36.4 Å². The van der Waals surface area contributed by atoms with Crippen molar-refractivity contribution in [1.29, 1.82) is 0 Å². The molecule has 0 atom stereocenters. The first-order valence-electron chi connectivity index (χ1n) is 4.52. The van der Waals surface area contributed by atoms with Crippen LogP contribution in [0.5, 0.6) is 5.75 Å². The average Bonchev–Trinajstić information content (AvgIpc) is 2.26. The van der Waals surface area contributed by atoms with E-state index in [0.29, 0.717) is 15.1 Å². The van der Waals surface area contributed by atoms with Crippen LogP contribution in [0.3, 0.4) is 0 Å². The van der Waals surface area contributed by atoms with Crippen LogP contribution in [-0.2, 0) is 0 Å². The molecular weight excluding hydrogens is 266 g/mol. The molecule has 0 amide bonds. The van der Waals surface area contributed by atoms with Crippen LogP contribution in [-0.4, -0.2) is 5.11 Å². The first-order chi connectivity index (χ1) is 7.58. The topological polar surface area (TPSA) is 20.2 Å². The van der Waals surface area contributed by atoms with E-state index in [1.165, 1.54) is 0 Å². The zero-order valence-electron chi connectivity index (χ0n) is 8.05. The summed E-state index contributed by atoms with van der Waals surface area (Å²) >= 11 is 17.7. The highest BCUT2D eigenvalue weighted by molar-refractivity contribution is 6.48. The molecule has 0 aliphatic carbocycles. The summed E-state index contributed by atoms with van der Waals surface area (Å²) in [5.41, 5.74) is 1.78. The van der Waals surface area contributed by atoms with Gasteiger partial charge in [-0.05, 0) is 35.4 Å². The molecule has 1 N–H and O–H groups in total. The zero-order valence-corrected chi connectivity index (χ0v) is 10.3. The minimum Gasteiger partial charge on any atom is -0.508 e. The fraction of sp³-hybridized carbons (Fsp3) is 0. The summed E-state index contributed by atoms with van der Waals surface area (Å²) in [6.45, 7) is 0. The van der Waals surface area contributed by atoms with Crippen molar-refractivity contribution < 1.29 is 5.11 Å². The SMILES string of the molecule is Oc1ccc(-c2cc(Cl)c(Cl)c(Cl)c2)cc1. The van der Waals surface area contributed by atoms with Crippen molar-refractivity contribution >= 4 is 34.8 Å². The maximum Gasteiger partial charge on any atom is 0.115 e. The van der Waals surface area contributed by atoms with Crippen LogP contribution in [0.4, 0.5) is 0 Å². The van der Waals surface area contributed by atoms with Crippen molar-refractivity contribution in [2.75, 3.05) is 0 Å². The summed E-state index contributed by atoms with van der Waals surface area (Å²) in [5, 5.41) is 10.4. The Morgan fingerprint density at radius 1 is 0.750 bits per heavy atom. The van der Waals surface area contributed by atoms with Crippen LogP contribution in [0.25, 0.3) is 11.1 Å². The minimum atomic E-state index is 0.218. The van der Waals surface area contributed by atoms with Gasteiger partial charge in [-0.2, -0.15) is 0 Å². The van der Waals surface area contributed by atoms with Gasteiger partial charge in [0.1, 0.15) is 5.75 Å². The van der Waals surface area contributed by atoms with E-state index in [0.717, 1.165) is 11.1 Å². The molecule has 0 fully saturated rings. The van der Waals surface area contributed by atoms with Gasteiger partial charge in [-0.25, -0.2) is 0 Å². The second-order valence-corrected chi connectivity index (χ2v) is 4.49. The average molecular weight is 274 g/mol. The first kappa shape index (κ1) is 11.6. The van der Waals surface area contributed by atoms with Gasteiger partial charge in [-0.3, -0.25) is 0 Å². The molecule has 0 spiro atoms. The summed E-state index contributed by atoms with van der Waals surface area (Å²) in [7, 11) is 0. The lowest BCUT2D eigenvalue weighted by Crippen LogP contribution is -1.80. The van der Waals surface area contributed by atoms with E-state index >= 15 is 0 Å². The van der Waals surface area contributed by atoms with Gasteiger partial charge in [-0.1, -0.05) is 46.9 Å². The van der Waals surface area contributed by atoms with Gasteiger partial charge in [0.05, 0.1) is 15.1 Å². The summed E-state index contributed by atoms with van der Waals surface area (Å²) in [5.74, 6) is 0.218. The summed E-state index contributed by atoms with van der Waals surface area (Å²) in [6.07, 6.45) is 0. The van der Waals surface area contributed by atoms with E-state index in [-0.39, 0.29) is 5.75 Å². The monoisotopic (exact) mass is 272 g/mol. The van der Waals surface area contributed by atoms with Crippen LogP contribution in [0, 0.1) is 0 Å². The Hall–Kier alpha value is -0.890. The van der Waals surface area contributed by atoms with Gasteiger partial charge in [0.2, 0.25) is 0 Å². The first-order valence-corrected chi connectivity index (χ1v) is 5.65. The predicted molar refractivity (Wildman–Crippen MR) is 68.6 cm³/mol.